The molecule has 0 unspecified atom stereocenters. The van der Waals surface area contributed by atoms with Crippen molar-refractivity contribution < 1.29 is 9.53 Å². The van der Waals surface area contributed by atoms with Gasteiger partial charge in [0.2, 0.25) is 0 Å². The second-order valence-electron chi connectivity index (χ2n) is 4.32. The van der Waals surface area contributed by atoms with E-state index in [2.05, 4.69) is 29.4 Å². The fourth-order valence-corrected chi connectivity index (χ4v) is 2.54. The number of carbonyl (C=O) groups is 1. The molecule has 5 heteroatoms. The van der Waals surface area contributed by atoms with Crippen LogP contribution in [0.25, 0.3) is 0 Å². The molecule has 1 aromatic heterocycles. The number of hydrogen-bond acceptors (Lipinski definition) is 5. The number of carbonyl (C=O) groups excluding carboxylic acids is 1. The van der Waals surface area contributed by atoms with Crippen molar-refractivity contribution in [1.82, 2.24) is 4.98 Å². The average molecular weight is 290 g/mol. The number of aromatic nitrogens is 1. The van der Waals surface area contributed by atoms with Gasteiger partial charge < -0.3 is 10.1 Å². The van der Waals surface area contributed by atoms with Crippen molar-refractivity contribution in [2.45, 2.75) is 26.7 Å². The van der Waals surface area contributed by atoms with Crippen LogP contribution in [0, 0.1) is 0 Å². The number of nitrogens with zero attached hydrogens (tertiary/aromatic N) is 1. The van der Waals surface area contributed by atoms with E-state index in [0.717, 1.165) is 18.5 Å². The summed E-state index contributed by atoms with van der Waals surface area (Å²) in [4.78, 5) is 15.8. The first-order valence-electron chi connectivity index (χ1n) is 6.71. The Hall–Kier alpha value is -1.88. The predicted octanol–water partition coefficient (Wildman–Crippen LogP) is 4.02. The number of hydrogen-bond donors (Lipinski definition) is 1. The third kappa shape index (κ3) is 3.57. The maximum absolute atomic E-state index is 11.7. The van der Waals surface area contributed by atoms with Gasteiger partial charge in [0, 0.05) is 5.69 Å². The summed E-state index contributed by atoms with van der Waals surface area (Å²) in [6.07, 6.45) is 2.21. The van der Waals surface area contributed by atoms with Crippen LogP contribution in [-0.2, 0) is 11.2 Å². The van der Waals surface area contributed by atoms with Crippen LogP contribution in [-0.4, -0.2) is 17.6 Å². The Morgan fingerprint density at radius 1 is 1.30 bits per heavy atom. The van der Waals surface area contributed by atoms with E-state index in [9.17, 15) is 4.79 Å². The van der Waals surface area contributed by atoms with Crippen LogP contribution in [0.2, 0.25) is 0 Å². The summed E-state index contributed by atoms with van der Waals surface area (Å²) in [5, 5.41) is 3.93. The molecule has 0 aliphatic heterocycles. The average Bonchev–Trinajstić information content (AvgIpc) is 2.90. The highest BCUT2D eigenvalue weighted by molar-refractivity contribution is 7.14. The van der Waals surface area contributed by atoms with Crippen LogP contribution in [0.3, 0.4) is 0 Å². The number of benzene rings is 1. The van der Waals surface area contributed by atoms with Crippen molar-refractivity contribution in [3.05, 3.63) is 41.0 Å². The molecule has 0 radical (unpaired) electrons. The molecular formula is C15H18N2O2S. The van der Waals surface area contributed by atoms with Crippen molar-refractivity contribution in [3.8, 4) is 0 Å². The van der Waals surface area contributed by atoms with E-state index in [1.807, 2.05) is 12.1 Å². The summed E-state index contributed by atoms with van der Waals surface area (Å²) in [5.41, 5.74) is 4.24. The fourth-order valence-electron chi connectivity index (χ4n) is 1.85. The number of anilines is 2. The third-order valence-electron chi connectivity index (χ3n) is 2.79. The second kappa shape index (κ2) is 7.05. The van der Waals surface area contributed by atoms with Crippen molar-refractivity contribution in [2.24, 2.45) is 0 Å². The van der Waals surface area contributed by atoms with Gasteiger partial charge in [0.15, 0.2) is 5.69 Å². The first-order valence-corrected chi connectivity index (χ1v) is 7.59. The lowest BCUT2D eigenvalue weighted by Crippen LogP contribution is -2.07. The number of aryl methyl sites for hydroxylation is 1. The molecule has 0 aliphatic rings. The Bertz CT molecular complexity index is 564. The Labute approximate surface area is 122 Å². The molecule has 0 atom stereocenters. The minimum absolute atomic E-state index is 0.342. The van der Waals surface area contributed by atoms with E-state index in [-0.39, 0.29) is 5.97 Å². The lowest BCUT2D eigenvalue weighted by Gasteiger charge is -2.07. The van der Waals surface area contributed by atoms with Crippen molar-refractivity contribution in [2.75, 3.05) is 11.9 Å². The quantitative estimate of drug-likeness (QED) is 0.816. The molecule has 4 nitrogen and oxygen atoms in total. The maximum atomic E-state index is 11.7. The van der Waals surface area contributed by atoms with Gasteiger partial charge in [-0.25, -0.2) is 9.78 Å². The van der Waals surface area contributed by atoms with E-state index in [4.69, 9.17) is 4.74 Å². The fraction of sp³-hybridized carbons (Fsp3) is 0.333. The van der Waals surface area contributed by atoms with Crippen LogP contribution >= 0.6 is 11.3 Å². The lowest BCUT2D eigenvalue weighted by atomic mass is 10.1. The van der Waals surface area contributed by atoms with Crippen LogP contribution in [0.1, 0.15) is 36.3 Å². The van der Waals surface area contributed by atoms with Gasteiger partial charge in [-0.2, -0.15) is 0 Å². The number of rotatable bonds is 6. The Kier molecular flexibility index (Phi) is 5.12. The molecule has 0 fully saturated rings. The minimum atomic E-state index is -0.390. The summed E-state index contributed by atoms with van der Waals surface area (Å²) in [7, 11) is 0. The van der Waals surface area contributed by atoms with Crippen LogP contribution in [0.5, 0.6) is 0 Å². The Balaban J connectivity index is 2.10. The zero-order valence-corrected chi connectivity index (χ0v) is 12.5. The van der Waals surface area contributed by atoms with Gasteiger partial charge in [0.1, 0.15) is 5.00 Å². The van der Waals surface area contributed by atoms with E-state index in [1.54, 1.807) is 12.4 Å². The van der Waals surface area contributed by atoms with Crippen LogP contribution in [0.15, 0.2) is 29.8 Å². The van der Waals surface area contributed by atoms with E-state index in [0.29, 0.717) is 17.3 Å². The highest BCUT2D eigenvalue weighted by atomic mass is 32.1. The molecule has 0 saturated heterocycles. The number of ether oxygens (including phenoxy) is 1. The standard InChI is InChI=1S/C15H18N2O2S/c1-3-5-11-6-8-12(9-7-11)17-14-13(16-10-20-14)15(18)19-4-2/h6-10,17H,3-5H2,1-2H3. The predicted molar refractivity (Wildman–Crippen MR) is 81.8 cm³/mol. The Morgan fingerprint density at radius 3 is 2.70 bits per heavy atom. The van der Waals surface area contributed by atoms with Gasteiger partial charge in [-0.3, -0.25) is 0 Å². The summed E-state index contributed by atoms with van der Waals surface area (Å²) < 4.78 is 4.98. The zero-order valence-electron chi connectivity index (χ0n) is 11.7. The molecule has 1 aromatic carbocycles. The minimum Gasteiger partial charge on any atom is -0.461 e. The molecule has 0 bridgehead atoms. The first kappa shape index (κ1) is 14.5. The summed E-state index contributed by atoms with van der Waals surface area (Å²) in [5.74, 6) is -0.390. The summed E-state index contributed by atoms with van der Waals surface area (Å²) in [6, 6.07) is 8.22. The highest BCUT2D eigenvalue weighted by Gasteiger charge is 2.16. The molecule has 1 heterocycles. The van der Waals surface area contributed by atoms with E-state index >= 15 is 0 Å². The normalized spacial score (nSPS) is 10.3. The first-order chi connectivity index (χ1) is 9.74. The molecule has 106 valence electrons. The molecule has 1 N–H and O–H groups in total. The van der Waals surface area contributed by atoms with Gasteiger partial charge in [0.05, 0.1) is 12.1 Å². The number of esters is 1. The van der Waals surface area contributed by atoms with Gasteiger partial charge in [0.25, 0.3) is 0 Å². The summed E-state index contributed by atoms with van der Waals surface area (Å²) in [6.45, 7) is 4.29. The molecular weight excluding hydrogens is 272 g/mol. The van der Waals surface area contributed by atoms with Crippen molar-refractivity contribution in [3.63, 3.8) is 0 Å². The van der Waals surface area contributed by atoms with E-state index < -0.39 is 0 Å². The largest absolute Gasteiger partial charge is 0.461 e. The van der Waals surface area contributed by atoms with Gasteiger partial charge in [-0.1, -0.05) is 25.5 Å². The lowest BCUT2D eigenvalue weighted by molar-refractivity contribution is 0.0521. The Morgan fingerprint density at radius 2 is 2.05 bits per heavy atom. The highest BCUT2D eigenvalue weighted by Crippen LogP contribution is 2.25. The smallest absolute Gasteiger partial charge is 0.360 e. The molecule has 0 aliphatic carbocycles. The van der Waals surface area contributed by atoms with Gasteiger partial charge in [-0.05, 0) is 31.0 Å². The molecule has 20 heavy (non-hydrogen) atoms. The molecule has 2 aromatic rings. The molecule has 0 spiro atoms. The summed E-state index contributed by atoms with van der Waals surface area (Å²) >= 11 is 1.39. The van der Waals surface area contributed by atoms with Crippen LogP contribution < -0.4 is 5.32 Å². The van der Waals surface area contributed by atoms with Gasteiger partial charge >= 0.3 is 5.97 Å². The monoisotopic (exact) mass is 290 g/mol. The second-order valence-corrected chi connectivity index (χ2v) is 5.18. The zero-order chi connectivity index (χ0) is 14.4. The van der Waals surface area contributed by atoms with Crippen molar-refractivity contribution >= 4 is 28.0 Å². The van der Waals surface area contributed by atoms with Gasteiger partial charge in [-0.15, -0.1) is 11.3 Å². The third-order valence-corrected chi connectivity index (χ3v) is 3.53. The maximum Gasteiger partial charge on any atom is 0.360 e. The SMILES string of the molecule is CCCc1ccc(Nc2scnc2C(=O)OCC)cc1. The van der Waals surface area contributed by atoms with Crippen LogP contribution in [0.4, 0.5) is 10.7 Å². The number of thiazole rings is 1. The van der Waals surface area contributed by atoms with Crippen molar-refractivity contribution in [1.29, 1.82) is 0 Å². The number of nitrogens with one attached hydrogen (secondary N) is 1. The molecule has 2 rings (SSSR count). The molecule has 0 amide bonds. The van der Waals surface area contributed by atoms with E-state index in [1.165, 1.54) is 16.9 Å². The topological polar surface area (TPSA) is 51.2 Å². The molecule has 0 saturated carbocycles.